The molecule has 2 aromatic rings. The van der Waals surface area contributed by atoms with E-state index in [1.165, 1.54) is 16.9 Å². The van der Waals surface area contributed by atoms with Crippen LogP contribution in [-0.4, -0.2) is 21.9 Å². The molecule has 5 nitrogen and oxygen atoms in total. The summed E-state index contributed by atoms with van der Waals surface area (Å²) in [7, 11) is 0. The minimum atomic E-state index is -2.22. The number of fused-ring (bicyclic) bond motifs is 1. The Hall–Kier alpha value is -1.89. The summed E-state index contributed by atoms with van der Waals surface area (Å²) in [4.78, 5) is 2.35. The van der Waals surface area contributed by atoms with Crippen molar-refractivity contribution >= 4 is 22.7 Å². The number of anilines is 2. The molecule has 0 amide bonds. The zero-order valence-electron chi connectivity index (χ0n) is 12.1. The van der Waals surface area contributed by atoms with Gasteiger partial charge in [-0.05, 0) is 23.3 Å². The lowest BCUT2D eigenvalue weighted by atomic mass is 10.1. The van der Waals surface area contributed by atoms with Gasteiger partial charge in [-0.3, -0.25) is 8.74 Å². The van der Waals surface area contributed by atoms with Gasteiger partial charge in [0.1, 0.15) is 0 Å². The molecule has 1 unspecified atom stereocenters. The fourth-order valence-corrected chi connectivity index (χ4v) is 2.83. The van der Waals surface area contributed by atoms with Gasteiger partial charge in [0.05, 0.1) is 18.0 Å². The first-order valence-corrected chi connectivity index (χ1v) is 8.15. The van der Waals surface area contributed by atoms with Crippen LogP contribution in [-0.2, 0) is 28.7 Å². The Bertz CT molecular complexity index is 661. The van der Waals surface area contributed by atoms with Gasteiger partial charge in [0.2, 0.25) is 0 Å². The standard InChI is InChI=1S/C16H18N2O3S/c19-22(20)21-12-14-7-5-13(6-8-14)11-18-10-9-17-15-3-1-2-4-16(15)18/h1-8,17H,9-12H2,(H,19,20). The first kappa shape index (κ1) is 15.0. The summed E-state index contributed by atoms with van der Waals surface area (Å²) in [6, 6.07) is 16.2. The molecule has 3 rings (SSSR count). The predicted molar refractivity (Wildman–Crippen MR) is 88.0 cm³/mol. The molecule has 1 heterocycles. The van der Waals surface area contributed by atoms with Crippen LogP contribution < -0.4 is 10.2 Å². The summed E-state index contributed by atoms with van der Waals surface area (Å²) in [6.45, 7) is 2.88. The van der Waals surface area contributed by atoms with Gasteiger partial charge in [0.25, 0.3) is 0 Å². The predicted octanol–water partition coefficient (Wildman–Crippen LogP) is 2.77. The number of rotatable bonds is 5. The van der Waals surface area contributed by atoms with Gasteiger partial charge in [0.15, 0.2) is 0 Å². The molecule has 1 aliphatic heterocycles. The summed E-state index contributed by atoms with van der Waals surface area (Å²) >= 11 is -2.22. The highest BCUT2D eigenvalue weighted by Gasteiger charge is 2.15. The van der Waals surface area contributed by atoms with Gasteiger partial charge in [-0.15, -0.1) is 0 Å². The summed E-state index contributed by atoms with van der Waals surface area (Å²) in [6.07, 6.45) is 0. The van der Waals surface area contributed by atoms with Gasteiger partial charge in [-0.1, -0.05) is 36.4 Å². The Morgan fingerprint density at radius 2 is 1.86 bits per heavy atom. The number of nitrogens with zero attached hydrogens (tertiary/aromatic N) is 1. The van der Waals surface area contributed by atoms with Crippen molar-refractivity contribution < 1.29 is 12.9 Å². The van der Waals surface area contributed by atoms with Gasteiger partial charge in [-0.2, -0.15) is 4.21 Å². The number of nitrogens with one attached hydrogen (secondary N) is 1. The third-order valence-electron chi connectivity index (χ3n) is 3.66. The molecule has 1 aliphatic rings. The molecule has 0 saturated carbocycles. The Labute approximate surface area is 132 Å². The molecule has 0 radical (unpaired) electrons. The van der Waals surface area contributed by atoms with E-state index in [0.29, 0.717) is 0 Å². The van der Waals surface area contributed by atoms with Crippen LogP contribution in [0.4, 0.5) is 11.4 Å². The lowest BCUT2D eigenvalue weighted by Crippen LogP contribution is -2.33. The van der Waals surface area contributed by atoms with E-state index in [9.17, 15) is 4.21 Å². The number of hydrogen-bond acceptors (Lipinski definition) is 4. The van der Waals surface area contributed by atoms with Crippen molar-refractivity contribution in [1.82, 2.24) is 0 Å². The van der Waals surface area contributed by atoms with Crippen LogP contribution in [0.15, 0.2) is 48.5 Å². The minimum absolute atomic E-state index is 0.139. The second-order valence-electron chi connectivity index (χ2n) is 5.16. The van der Waals surface area contributed by atoms with Crippen molar-refractivity contribution in [3.63, 3.8) is 0 Å². The number of para-hydroxylation sites is 2. The molecule has 0 bridgehead atoms. The lowest BCUT2D eigenvalue weighted by Gasteiger charge is -2.32. The molecule has 2 N–H and O–H groups in total. The molecule has 2 aromatic carbocycles. The highest BCUT2D eigenvalue weighted by atomic mass is 32.2. The summed E-state index contributed by atoms with van der Waals surface area (Å²) in [5.74, 6) is 0. The zero-order chi connectivity index (χ0) is 15.4. The summed E-state index contributed by atoms with van der Waals surface area (Å²) in [5, 5.41) is 3.40. The van der Waals surface area contributed by atoms with Crippen molar-refractivity contribution in [3.05, 3.63) is 59.7 Å². The molecule has 0 aliphatic carbocycles. The van der Waals surface area contributed by atoms with Gasteiger partial charge in [0, 0.05) is 19.6 Å². The molecule has 0 aromatic heterocycles. The van der Waals surface area contributed by atoms with Crippen molar-refractivity contribution in [2.24, 2.45) is 0 Å². The second-order valence-corrected chi connectivity index (χ2v) is 5.83. The summed E-state index contributed by atoms with van der Waals surface area (Å²) in [5.41, 5.74) is 4.47. The Kier molecular flexibility index (Phi) is 4.72. The molecule has 22 heavy (non-hydrogen) atoms. The first-order chi connectivity index (χ1) is 10.7. The van der Waals surface area contributed by atoms with Crippen molar-refractivity contribution in [3.8, 4) is 0 Å². The molecule has 0 saturated heterocycles. The molecular weight excluding hydrogens is 300 g/mol. The average Bonchev–Trinajstić information content (AvgIpc) is 2.54. The Balaban J connectivity index is 1.68. The smallest absolute Gasteiger partial charge is 0.302 e. The van der Waals surface area contributed by atoms with Gasteiger partial charge >= 0.3 is 11.4 Å². The molecule has 6 heteroatoms. The fraction of sp³-hybridized carbons (Fsp3) is 0.250. The minimum Gasteiger partial charge on any atom is -0.382 e. The SMILES string of the molecule is O=S(O)OCc1ccc(CN2CCNc3ccccc32)cc1. The quantitative estimate of drug-likeness (QED) is 0.830. The molecule has 0 fully saturated rings. The Morgan fingerprint density at radius 1 is 1.14 bits per heavy atom. The molecular formula is C16H18N2O3S. The van der Waals surface area contributed by atoms with E-state index in [1.54, 1.807) is 0 Å². The molecule has 1 atom stereocenters. The van der Waals surface area contributed by atoms with E-state index >= 15 is 0 Å². The summed E-state index contributed by atoms with van der Waals surface area (Å²) < 4.78 is 23.8. The van der Waals surface area contributed by atoms with E-state index < -0.39 is 11.4 Å². The van der Waals surface area contributed by atoms with Crippen LogP contribution in [0.1, 0.15) is 11.1 Å². The number of hydrogen-bond donors (Lipinski definition) is 2. The maximum Gasteiger partial charge on any atom is 0.302 e. The van der Waals surface area contributed by atoms with E-state index in [0.717, 1.165) is 25.2 Å². The average molecular weight is 318 g/mol. The topological polar surface area (TPSA) is 61.8 Å². The van der Waals surface area contributed by atoms with Crippen LogP contribution in [0.25, 0.3) is 0 Å². The highest BCUT2D eigenvalue weighted by molar-refractivity contribution is 7.74. The molecule has 0 spiro atoms. The highest BCUT2D eigenvalue weighted by Crippen LogP contribution is 2.29. The van der Waals surface area contributed by atoms with Crippen LogP contribution in [0.3, 0.4) is 0 Å². The van der Waals surface area contributed by atoms with Crippen molar-refractivity contribution in [2.75, 3.05) is 23.3 Å². The van der Waals surface area contributed by atoms with Crippen LogP contribution in [0.2, 0.25) is 0 Å². The third kappa shape index (κ3) is 3.65. The van der Waals surface area contributed by atoms with E-state index in [-0.39, 0.29) is 6.61 Å². The molecule has 116 valence electrons. The third-order valence-corrected chi connectivity index (χ3v) is 3.98. The van der Waals surface area contributed by atoms with Crippen LogP contribution in [0.5, 0.6) is 0 Å². The van der Waals surface area contributed by atoms with Crippen LogP contribution >= 0.6 is 0 Å². The normalized spacial score (nSPS) is 15.0. The fourth-order valence-electron chi connectivity index (χ4n) is 2.59. The monoisotopic (exact) mass is 318 g/mol. The van der Waals surface area contributed by atoms with Crippen molar-refractivity contribution in [2.45, 2.75) is 13.2 Å². The van der Waals surface area contributed by atoms with Crippen LogP contribution in [0, 0.1) is 0 Å². The zero-order valence-corrected chi connectivity index (χ0v) is 12.9. The Morgan fingerprint density at radius 3 is 2.64 bits per heavy atom. The van der Waals surface area contributed by atoms with E-state index in [4.69, 9.17) is 4.55 Å². The van der Waals surface area contributed by atoms with E-state index in [2.05, 4.69) is 26.5 Å². The van der Waals surface area contributed by atoms with E-state index in [1.807, 2.05) is 36.4 Å². The second kappa shape index (κ2) is 6.91. The largest absolute Gasteiger partial charge is 0.382 e. The first-order valence-electron chi connectivity index (χ1n) is 7.12. The van der Waals surface area contributed by atoms with Gasteiger partial charge in [-0.25, -0.2) is 0 Å². The number of benzene rings is 2. The maximum absolute atomic E-state index is 10.5. The maximum atomic E-state index is 10.5. The lowest BCUT2D eigenvalue weighted by molar-refractivity contribution is 0.297. The van der Waals surface area contributed by atoms with Crippen molar-refractivity contribution in [1.29, 1.82) is 0 Å². The van der Waals surface area contributed by atoms with Gasteiger partial charge < -0.3 is 10.2 Å².